The molecule has 0 aliphatic carbocycles. The largest absolute Gasteiger partial charge is 0.302 e. The van der Waals surface area contributed by atoms with Crippen LogP contribution in [0.15, 0.2) is 42.1 Å². The molecule has 0 radical (unpaired) electrons. The summed E-state index contributed by atoms with van der Waals surface area (Å²) in [5.74, 6) is 0.653. The third-order valence-corrected chi connectivity index (χ3v) is 3.97. The van der Waals surface area contributed by atoms with Gasteiger partial charge >= 0.3 is 0 Å². The van der Waals surface area contributed by atoms with Crippen LogP contribution in [0.3, 0.4) is 0 Å². The van der Waals surface area contributed by atoms with Gasteiger partial charge in [0.2, 0.25) is 0 Å². The van der Waals surface area contributed by atoms with Gasteiger partial charge in [0.05, 0.1) is 0 Å². The molecule has 3 nitrogen and oxygen atoms in total. The lowest BCUT2D eigenvalue weighted by Crippen LogP contribution is -2.01. The van der Waals surface area contributed by atoms with Crippen molar-refractivity contribution in [2.24, 2.45) is 0 Å². The van der Waals surface area contributed by atoms with Crippen LogP contribution in [0.1, 0.15) is 23.6 Å². The summed E-state index contributed by atoms with van der Waals surface area (Å²) in [7, 11) is 0. The van der Waals surface area contributed by atoms with Crippen molar-refractivity contribution in [1.82, 2.24) is 14.8 Å². The van der Waals surface area contributed by atoms with E-state index in [-0.39, 0.29) is 11.1 Å². The van der Waals surface area contributed by atoms with Gasteiger partial charge in [-0.05, 0) is 31.5 Å². The van der Waals surface area contributed by atoms with E-state index in [1.807, 2.05) is 17.6 Å². The number of hydrogen-bond donors (Lipinski definition) is 0. The molecule has 1 aromatic heterocycles. The van der Waals surface area contributed by atoms with Gasteiger partial charge in [0, 0.05) is 11.8 Å². The van der Waals surface area contributed by atoms with E-state index in [4.69, 9.17) is 0 Å². The van der Waals surface area contributed by atoms with Crippen molar-refractivity contribution in [3.8, 4) is 0 Å². The number of hydrogen-bond acceptors (Lipinski definition) is 3. The lowest BCUT2D eigenvalue weighted by atomic mass is 10.2. The van der Waals surface area contributed by atoms with E-state index in [1.165, 1.54) is 12.1 Å². The van der Waals surface area contributed by atoms with Crippen molar-refractivity contribution in [2.45, 2.75) is 30.8 Å². The van der Waals surface area contributed by atoms with Crippen molar-refractivity contribution in [1.29, 1.82) is 0 Å². The molecule has 19 heavy (non-hydrogen) atoms. The number of aryl methyl sites for hydroxylation is 1. The Bertz CT molecular complexity index is 563. The Balaban J connectivity index is 2.16. The van der Waals surface area contributed by atoms with Gasteiger partial charge in [0.25, 0.3) is 0 Å². The van der Waals surface area contributed by atoms with Crippen LogP contribution >= 0.6 is 11.8 Å². The van der Waals surface area contributed by atoms with Crippen molar-refractivity contribution in [2.75, 3.05) is 0 Å². The fourth-order valence-electron chi connectivity index (χ4n) is 1.75. The molecule has 0 spiro atoms. The topological polar surface area (TPSA) is 30.7 Å². The van der Waals surface area contributed by atoms with E-state index in [0.717, 1.165) is 16.5 Å². The molecule has 0 saturated heterocycles. The zero-order chi connectivity index (χ0) is 13.8. The Morgan fingerprint density at radius 2 is 2.05 bits per heavy atom. The summed E-state index contributed by atoms with van der Waals surface area (Å²) >= 11 is 1.61. The van der Waals surface area contributed by atoms with Crippen molar-refractivity contribution >= 4 is 11.8 Å². The fourth-order valence-corrected chi connectivity index (χ4v) is 2.78. The molecule has 0 unspecified atom stereocenters. The summed E-state index contributed by atoms with van der Waals surface area (Å²) in [6, 6.07) is 6.56. The molecular weight excluding hydrogens is 261 g/mol. The molecular formula is C14H16FN3S. The predicted octanol–water partition coefficient (Wildman–Crippen LogP) is 3.76. The molecule has 0 saturated carbocycles. The van der Waals surface area contributed by atoms with Gasteiger partial charge in [0.15, 0.2) is 5.16 Å². The average Bonchev–Trinajstić information content (AvgIpc) is 2.73. The highest BCUT2D eigenvalue weighted by Crippen LogP contribution is 2.33. The summed E-state index contributed by atoms with van der Waals surface area (Å²) < 4.78 is 14.9. The lowest BCUT2D eigenvalue weighted by molar-refractivity contribution is 0.627. The van der Waals surface area contributed by atoms with Crippen LogP contribution in [-0.4, -0.2) is 14.8 Å². The van der Waals surface area contributed by atoms with Crippen LogP contribution in [0.5, 0.6) is 0 Å². The summed E-state index contributed by atoms with van der Waals surface area (Å²) in [6.07, 6.45) is 1.82. The Hall–Kier alpha value is -1.62. The minimum absolute atomic E-state index is 0.188. The molecule has 0 aliphatic rings. The van der Waals surface area contributed by atoms with E-state index in [2.05, 4.69) is 23.7 Å². The third kappa shape index (κ3) is 3.23. The Morgan fingerprint density at radius 1 is 1.37 bits per heavy atom. The van der Waals surface area contributed by atoms with Gasteiger partial charge in [-0.3, -0.25) is 0 Å². The zero-order valence-corrected chi connectivity index (χ0v) is 11.8. The number of halogens is 1. The van der Waals surface area contributed by atoms with Gasteiger partial charge < -0.3 is 4.57 Å². The van der Waals surface area contributed by atoms with Crippen LogP contribution in [0.2, 0.25) is 0 Å². The van der Waals surface area contributed by atoms with E-state index in [0.29, 0.717) is 6.54 Å². The Morgan fingerprint density at radius 3 is 2.68 bits per heavy atom. The van der Waals surface area contributed by atoms with Crippen LogP contribution in [0, 0.1) is 12.7 Å². The maximum atomic E-state index is 12.9. The minimum atomic E-state index is -0.216. The molecule has 1 atom stereocenters. The molecule has 1 heterocycles. The van der Waals surface area contributed by atoms with Gasteiger partial charge in [-0.15, -0.1) is 16.8 Å². The van der Waals surface area contributed by atoms with Gasteiger partial charge in [0.1, 0.15) is 11.6 Å². The second-order valence-corrected chi connectivity index (χ2v) is 5.55. The molecule has 2 rings (SSSR count). The molecule has 2 aromatic rings. The monoisotopic (exact) mass is 277 g/mol. The summed E-state index contributed by atoms with van der Waals surface area (Å²) in [4.78, 5) is 0. The van der Waals surface area contributed by atoms with Gasteiger partial charge in [-0.25, -0.2) is 4.39 Å². The van der Waals surface area contributed by atoms with Gasteiger partial charge in [-0.2, -0.15) is 0 Å². The zero-order valence-electron chi connectivity index (χ0n) is 11.0. The van der Waals surface area contributed by atoms with Crippen LogP contribution in [-0.2, 0) is 6.54 Å². The number of allylic oxidation sites excluding steroid dienone is 1. The van der Waals surface area contributed by atoms with Crippen LogP contribution in [0.25, 0.3) is 0 Å². The van der Waals surface area contributed by atoms with Crippen molar-refractivity contribution in [3.05, 3.63) is 54.1 Å². The highest BCUT2D eigenvalue weighted by Gasteiger charge is 2.14. The molecule has 1 aromatic carbocycles. The van der Waals surface area contributed by atoms with Crippen LogP contribution < -0.4 is 0 Å². The number of thioether (sulfide) groups is 1. The summed E-state index contributed by atoms with van der Waals surface area (Å²) in [5, 5.41) is 9.30. The maximum absolute atomic E-state index is 12.9. The Kier molecular flexibility index (Phi) is 4.37. The highest BCUT2D eigenvalue weighted by molar-refractivity contribution is 7.99. The second-order valence-electron chi connectivity index (χ2n) is 4.24. The minimum Gasteiger partial charge on any atom is -0.302 e. The highest BCUT2D eigenvalue weighted by atomic mass is 32.2. The predicted molar refractivity (Wildman–Crippen MR) is 75.6 cm³/mol. The lowest BCUT2D eigenvalue weighted by Gasteiger charge is -2.12. The standard InChI is InChI=1S/C14H16FN3S/c1-4-9-18-11(3)16-17-14(18)19-10(2)12-5-7-13(15)8-6-12/h4-8,10H,1,9H2,2-3H3/t10-/m1/s1. The quantitative estimate of drug-likeness (QED) is 0.616. The molecule has 0 bridgehead atoms. The molecule has 0 aliphatic heterocycles. The summed E-state index contributed by atoms with van der Waals surface area (Å²) in [6.45, 7) is 8.42. The fraction of sp³-hybridized carbons (Fsp3) is 0.286. The SMILES string of the molecule is C=CCn1c(C)nnc1S[C@H](C)c1ccc(F)cc1. The van der Waals surface area contributed by atoms with Crippen molar-refractivity contribution < 1.29 is 4.39 Å². The Labute approximate surface area is 116 Å². The smallest absolute Gasteiger partial charge is 0.192 e. The molecule has 0 N–H and O–H groups in total. The third-order valence-electron chi connectivity index (χ3n) is 2.84. The number of benzene rings is 1. The van der Waals surface area contributed by atoms with E-state index < -0.39 is 0 Å². The van der Waals surface area contributed by atoms with E-state index in [9.17, 15) is 4.39 Å². The first-order valence-electron chi connectivity index (χ1n) is 6.04. The average molecular weight is 277 g/mol. The molecule has 0 amide bonds. The summed E-state index contributed by atoms with van der Waals surface area (Å²) in [5.41, 5.74) is 1.07. The first-order valence-corrected chi connectivity index (χ1v) is 6.92. The maximum Gasteiger partial charge on any atom is 0.192 e. The van der Waals surface area contributed by atoms with Crippen LogP contribution in [0.4, 0.5) is 4.39 Å². The first-order chi connectivity index (χ1) is 9.11. The van der Waals surface area contributed by atoms with E-state index >= 15 is 0 Å². The molecule has 5 heteroatoms. The molecule has 100 valence electrons. The first kappa shape index (κ1) is 13.8. The number of nitrogens with zero attached hydrogens (tertiary/aromatic N) is 3. The van der Waals surface area contributed by atoms with E-state index in [1.54, 1.807) is 23.9 Å². The van der Waals surface area contributed by atoms with Crippen molar-refractivity contribution in [3.63, 3.8) is 0 Å². The normalized spacial score (nSPS) is 12.4. The number of rotatable bonds is 5. The number of aromatic nitrogens is 3. The van der Waals surface area contributed by atoms with Gasteiger partial charge in [-0.1, -0.05) is 30.0 Å². The molecule has 0 fully saturated rings. The second kappa shape index (κ2) is 6.02.